The van der Waals surface area contributed by atoms with Gasteiger partial charge in [-0.1, -0.05) is 29.0 Å². The summed E-state index contributed by atoms with van der Waals surface area (Å²) in [5.74, 6) is -1.94. The second-order valence-corrected chi connectivity index (χ2v) is 10.3. The first kappa shape index (κ1) is 24.1. The smallest absolute Gasteiger partial charge is 0.326 e. The lowest BCUT2D eigenvalue weighted by Crippen LogP contribution is -2.23. The third-order valence-corrected chi connectivity index (χ3v) is 7.55. The Hall–Kier alpha value is -2.56. The molecule has 7 nitrogen and oxygen atoms in total. The van der Waals surface area contributed by atoms with Crippen molar-refractivity contribution in [3.05, 3.63) is 58.1 Å². The number of ether oxygens (including phenoxy) is 1. The number of hydrogen-bond donors (Lipinski definition) is 0. The maximum atomic E-state index is 14.4. The second kappa shape index (κ2) is 10.4. The molecule has 0 unspecified atom stereocenters. The van der Waals surface area contributed by atoms with Crippen LogP contribution in [0.4, 0.5) is 4.39 Å². The summed E-state index contributed by atoms with van der Waals surface area (Å²) >= 11 is 6.84. The number of carbonyl (C=O) groups excluding carboxylic acids is 2. The van der Waals surface area contributed by atoms with Crippen LogP contribution in [0.5, 0.6) is 0 Å². The van der Waals surface area contributed by atoms with Crippen molar-refractivity contribution in [2.75, 3.05) is 12.4 Å². The van der Waals surface area contributed by atoms with Crippen LogP contribution in [0.3, 0.4) is 0 Å². The van der Waals surface area contributed by atoms with Gasteiger partial charge in [0.25, 0.3) is 0 Å². The van der Waals surface area contributed by atoms with Crippen molar-refractivity contribution in [2.45, 2.75) is 31.2 Å². The first-order valence-corrected chi connectivity index (χ1v) is 12.6. The number of carbonyl (C=O) groups is 2. The van der Waals surface area contributed by atoms with Crippen LogP contribution in [-0.4, -0.2) is 37.2 Å². The summed E-state index contributed by atoms with van der Waals surface area (Å²) in [4.78, 5) is 28.7. The number of para-hydroxylation sites is 1. The van der Waals surface area contributed by atoms with Crippen LogP contribution >= 0.6 is 22.9 Å². The molecule has 0 radical (unpaired) electrons. The van der Waals surface area contributed by atoms with E-state index in [0.717, 1.165) is 11.3 Å². The van der Waals surface area contributed by atoms with Crippen LogP contribution in [-0.2, 0) is 30.7 Å². The Morgan fingerprint density at radius 3 is 2.59 bits per heavy atom. The Morgan fingerprint density at radius 2 is 1.91 bits per heavy atom. The van der Waals surface area contributed by atoms with Crippen molar-refractivity contribution in [3.8, 4) is 0 Å². The number of fused-ring (bicyclic) bond motifs is 1. The van der Waals surface area contributed by atoms with Gasteiger partial charge in [0.2, 0.25) is 5.91 Å². The molecular weight excluding hydrogens is 479 g/mol. The van der Waals surface area contributed by atoms with E-state index in [4.69, 9.17) is 16.3 Å². The van der Waals surface area contributed by atoms with E-state index in [-0.39, 0.29) is 47.0 Å². The SMILES string of the molecule is CCOC(=O)Cn1c(=NC(=O)CCCS(=O)(=O)c2ccc(Cl)cc2)sc2cccc(F)c21. The third kappa shape index (κ3) is 5.81. The van der Waals surface area contributed by atoms with E-state index < -0.39 is 27.5 Å². The fourth-order valence-electron chi connectivity index (χ4n) is 2.99. The van der Waals surface area contributed by atoms with E-state index in [9.17, 15) is 22.4 Å². The normalized spacial score (nSPS) is 12.3. The quantitative estimate of drug-likeness (QED) is 0.441. The highest BCUT2D eigenvalue weighted by atomic mass is 35.5. The number of esters is 1. The highest BCUT2D eigenvalue weighted by Gasteiger charge is 2.17. The molecule has 3 aromatic rings. The van der Waals surface area contributed by atoms with Crippen molar-refractivity contribution in [2.24, 2.45) is 4.99 Å². The number of hydrogen-bond acceptors (Lipinski definition) is 6. The maximum Gasteiger partial charge on any atom is 0.326 e. The molecular formula is C21H20ClFN2O5S2. The average Bonchev–Trinajstić information content (AvgIpc) is 3.06. The third-order valence-electron chi connectivity index (χ3n) is 4.44. The van der Waals surface area contributed by atoms with Gasteiger partial charge in [-0.05, 0) is 49.7 Å². The fourth-order valence-corrected chi connectivity index (χ4v) is 5.49. The average molecular weight is 499 g/mol. The van der Waals surface area contributed by atoms with Crippen molar-refractivity contribution in [3.63, 3.8) is 0 Å². The summed E-state index contributed by atoms with van der Waals surface area (Å²) in [6.45, 7) is 1.52. The van der Waals surface area contributed by atoms with Gasteiger partial charge in [0.1, 0.15) is 12.4 Å². The molecule has 32 heavy (non-hydrogen) atoms. The van der Waals surface area contributed by atoms with Crippen molar-refractivity contribution in [1.29, 1.82) is 0 Å². The van der Waals surface area contributed by atoms with E-state index in [1.807, 2.05) is 0 Å². The summed E-state index contributed by atoms with van der Waals surface area (Å²) in [5.41, 5.74) is 0.155. The zero-order valence-corrected chi connectivity index (χ0v) is 19.5. The largest absolute Gasteiger partial charge is 0.465 e. The zero-order chi connectivity index (χ0) is 23.3. The number of amides is 1. The van der Waals surface area contributed by atoms with Crippen LogP contribution in [0.15, 0.2) is 52.4 Å². The lowest BCUT2D eigenvalue weighted by atomic mass is 10.3. The molecule has 170 valence electrons. The molecule has 0 aliphatic rings. The van der Waals surface area contributed by atoms with Crippen LogP contribution in [0.25, 0.3) is 10.2 Å². The molecule has 0 aliphatic carbocycles. The monoisotopic (exact) mass is 498 g/mol. The summed E-state index contributed by atoms with van der Waals surface area (Å²) in [6.07, 6.45) is -0.0621. The fraction of sp³-hybridized carbons (Fsp3) is 0.286. The van der Waals surface area contributed by atoms with Crippen LogP contribution < -0.4 is 4.80 Å². The Bertz CT molecular complexity index is 1310. The maximum absolute atomic E-state index is 14.4. The van der Waals surface area contributed by atoms with Gasteiger partial charge in [-0.15, -0.1) is 0 Å². The van der Waals surface area contributed by atoms with Gasteiger partial charge in [0, 0.05) is 11.4 Å². The second-order valence-electron chi connectivity index (χ2n) is 6.74. The number of aromatic nitrogens is 1. The Morgan fingerprint density at radius 1 is 1.19 bits per heavy atom. The Balaban J connectivity index is 1.79. The Kier molecular flexibility index (Phi) is 7.81. The molecule has 0 atom stereocenters. The predicted molar refractivity (Wildman–Crippen MR) is 120 cm³/mol. The van der Waals surface area contributed by atoms with E-state index in [1.165, 1.54) is 41.0 Å². The van der Waals surface area contributed by atoms with Gasteiger partial charge < -0.3 is 9.30 Å². The molecule has 1 amide bonds. The van der Waals surface area contributed by atoms with Gasteiger partial charge in [-0.3, -0.25) is 9.59 Å². The molecule has 11 heteroatoms. The summed E-state index contributed by atoms with van der Waals surface area (Å²) < 4.78 is 45.9. The highest BCUT2D eigenvalue weighted by molar-refractivity contribution is 7.91. The molecule has 0 aliphatic heterocycles. The lowest BCUT2D eigenvalue weighted by molar-refractivity contribution is -0.143. The number of benzene rings is 2. The molecule has 0 N–H and O–H groups in total. The minimum atomic E-state index is -3.57. The van der Waals surface area contributed by atoms with Crippen LogP contribution in [0, 0.1) is 5.82 Å². The highest BCUT2D eigenvalue weighted by Crippen LogP contribution is 2.21. The summed E-state index contributed by atoms with van der Waals surface area (Å²) in [6, 6.07) is 10.2. The minimum absolute atomic E-state index is 0.0599. The van der Waals surface area contributed by atoms with E-state index in [0.29, 0.717) is 9.72 Å². The molecule has 0 spiro atoms. The summed E-state index contributed by atoms with van der Waals surface area (Å²) in [7, 11) is -3.57. The zero-order valence-electron chi connectivity index (χ0n) is 17.1. The summed E-state index contributed by atoms with van der Waals surface area (Å²) in [5, 5.41) is 0.425. The van der Waals surface area contributed by atoms with Crippen LogP contribution in [0.2, 0.25) is 5.02 Å². The standard InChI is InChI=1S/C21H20ClFN2O5S2/c1-2-30-19(27)13-25-20-16(23)5-3-6-17(20)31-21(25)24-18(26)7-4-12-32(28,29)15-10-8-14(22)9-11-15/h3,5-6,8-11H,2,4,7,12-13H2,1H3. The number of thiazole rings is 1. The molecule has 2 aromatic carbocycles. The molecule has 0 fully saturated rings. The number of halogens is 2. The first-order valence-electron chi connectivity index (χ1n) is 9.70. The van der Waals surface area contributed by atoms with Gasteiger partial charge in [-0.25, -0.2) is 12.8 Å². The van der Waals surface area contributed by atoms with Gasteiger partial charge in [0.05, 0.1) is 27.5 Å². The predicted octanol–water partition coefficient (Wildman–Crippen LogP) is 3.74. The lowest BCUT2D eigenvalue weighted by Gasteiger charge is -2.06. The van der Waals surface area contributed by atoms with E-state index in [1.54, 1.807) is 13.0 Å². The van der Waals surface area contributed by atoms with E-state index >= 15 is 0 Å². The number of rotatable bonds is 8. The first-order chi connectivity index (χ1) is 15.2. The molecule has 1 aromatic heterocycles. The molecule has 0 saturated carbocycles. The molecule has 0 saturated heterocycles. The Labute approximate surface area is 193 Å². The van der Waals surface area contributed by atoms with Crippen molar-refractivity contribution in [1.82, 2.24) is 4.57 Å². The van der Waals surface area contributed by atoms with Crippen molar-refractivity contribution < 1.29 is 27.1 Å². The molecule has 3 rings (SSSR count). The van der Waals surface area contributed by atoms with Gasteiger partial charge in [-0.2, -0.15) is 4.99 Å². The van der Waals surface area contributed by atoms with Crippen LogP contribution in [0.1, 0.15) is 19.8 Å². The number of sulfone groups is 1. The van der Waals surface area contributed by atoms with Gasteiger partial charge in [0.15, 0.2) is 14.6 Å². The molecule has 1 heterocycles. The number of nitrogens with zero attached hydrogens (tertiary/aromatic N) is 2. The topological polar surface area (TPSA) is 94.8 Å². The van der Waals surface area contributed by atoms with Gasteiger partial charge >= 0.3 is 5.97 Å². The molecule has 0 bridgehead atoms. The minimum Gasteiger partial charge on any atom is -0.465 e. The van der Waals surface area contributed by atoms with E-state index in [2.05, 4.69) is 4.99 Å². The van der Waals surface area contributed by atoms with Crippen molar-refractivity contribution >= 4 is 54.9 Å².